The Bertz CT molecular complexity index is 763. The van der Waals surface area contributed by atoms with Gasteiger partial charge in [-0.15, -0.1) is 0 Å². The number of hydrogen-bond acceptors (Lipinski definition) is 4. The van der Waals surface area contributed by atoms with E-state index >= 15 is 0 Å². The average Bonchev–Trinajstić information content (AvgIpc) is 3.24. The number of benzene rings is 1. The van der Waals surface area contributed by atoms with Crippen molar-refractivity contribution in [1.29, 1.82) is 0 Å². The first kappa shape index (κ1) is 18.8. The minimum atomic E-state index is 0.383. The number of H-pyrrole nitrogens is 1. The van der Waals surface area contributed by atoms with E-state index in [0.717, 1.165) is 55.6 Å². The normalized spacial score (nSPS) is 18.8. The van der Waals surface area contributed by atoms with Crippen molar-refractivity contribution in [2.24, 2.45) is 4.99 Å². The van der Waals surface area contributed by atoms with Gasteiger partial charge in [-0.25, -0.2) is 9.98 Å². The summed E-state index contributed by atoms with van der Waals surface area (Å²) in [4.78, 5) is 11.6. The Morgan fingerprint density at radius 2 is 2.07 bits per heavy atom. The molecule has 0 spiro atoms. The molecule has 0 atom stereocenters. The third-order valence-electron chi connectivity index (χ3n) is 5.67. The highest BCUT2D eigenvalue weighted by Gasteiger charge is 2.24. The Morgan fingerprint density at radius 1 is 1.25 bits per heavy atom. The van der Waals surface area contributed by atoms with Crippen molar-refractivity contribution < 1.29 is 4.74 Å². The Kier molecular flexibility index (Phi) is 6.09. The van der Waals surface area contributed by atoms with Crippen LogP contribution in [0.4, 0.5) is 0 Å². The maximum absolute atomic E-state index is 6.15. The Labute approximate surface area is 166 Å². The van der Waals surface area contributed by atoms with E-state index in [1.165, 1.54) is 19.3 Å². The molecular weight excluding hydrogens is 352 g/mol. The summed E-state index contributed by atoms with van der Waals surface area (Å²) in [6.07, 6.45) is 7.70. The summed E-state index contributed by atoms with van der Waals surface area (Å²) >= 11 is 0. The van der Waals surface area contributed by atoms with Gasteiger partial charge in [0.15, 0.2) is 5.96 Å². The second kappa shape index (κ2) is 9.08. The second-order valence-electron chi connectivity index (χ2n) is 7.58. The molecule has 2 aliphatic rings. The van der Waals surface area contributed by atoms with E-state index < -0.39 is 0 Å². The van der Waals surface area contributed by atoms with Crippen LogP contribution in [0.5, 0.6) is 5.75 Å². The minimum absolute atomic E-state index is 0.383. The fourth-order valence-electron chi connectivity index (χ4n) is 3.78. The van der Waals surface area contributed by atoms with Crippen LogP contribution in [0.25, 0.3) is 0 Å². The van der Waals surface area contributed by atoms with Crippen molar-refractivity contribution >= 4 is 5.96 Å². The SMILES string of the molecule is CCNC(=NCc1ccccc1OC1CCC1)N1CCC(c2ncn[nH]2)CC1. The predicted octanol–water partition coefficient (Wildman–Crippen LogP) is 3.08. The van der Waals surface area contributed by atoms with Crippen LogP contribution < -0.4 is 10.1 Å². The Morgan fingerprint density at radius 3 is 2.75 bits per heavy atom. The molecule has 1 saturated carbocycles. The van der Waals surface area contributed by atoms with E-state index in [4.69, 9.17) is 9.73 Å². The first-order valence-electron chi connectivity index (χ1n) is 10.5. The average molecular weight is 383 g/mol. The van der Waals surface area contributed by atoms with Crippen LogP contribution >= 0.6 is 0 Å². The number of rotatable bonds is 6. The third-order valence-corrected chi connectivity index (χ3v) is 5.67. The first-order chi connectivity index (χ1) is 13.8. The standard InChI is InChI=1S/C21H30N6O/c1-2-22-21(27-12-10-16(11-13-27)20-24-15-25-26-20)23-14-17-6-3-4-9-19(17)28-18-7-5-8-18/h3-4,6,9,15-16,18H,2,5,7-8,10-14H2,1H3,(H,22,23)(H,24,25,26). The molecule has 7 nitrogen and oxygen atoms in total. The Balaban J connectivity index is 1.40. The van der Waals surface area contributed by atoms with Crippen molar-refractivity contribution in [3.63, 3.8) is 0 Å². The number of aliphatic imine (C=N–C) groups is 1. The van der Waals surface area contributed by atoms with Gasteiger partial charge >= 0.3 is 0 Å². The molecule has 2 N–H and O–H groups in total. The van der Waals surface area contributed by atoms with E-state index in [9.17, 15) is 0 Å². The van der Waals surface area contributed by atoms with Crippen LogP contribution in [-0.4, -0.2) is 51.8 Å². The molecule has 0 bridgehead atoms. The molecule has 1 saturated heterocycles. The maximum atomic E-state index is 6.15. The number of nitrogens with zero attached hydrogens (tertiary/aromatic N) is 4. The zero-order valence-corrected chi connectivity index (χ0v) is 16.6. The molecule has 0 unspecified atom stereocenters. The molecule has 7 heteroatoms. The fourth-order valence-corrected chi connectivity index (χ4v) is 3.78. The Hall–Kier alpha value is -2.57. The van der Waals surface area contributed by atoms with Gasteiger partial charge in [0.05, 0.1) is 12.6 Å². The molecule has 1 aromatic heterocycles. The number of piperidine rings is 1. The highest BCUT2D eigenvalue weighted by molar-refractivity contribution is 5.80. The largest absolute Gasteiger partial charge is 0.490 e. The molecule has 0 amide bonds. The van der Waals surface area contributed by atoms with Gasteiger partial charge in [-0.05, 0) is 45.1 Å². The lowest BCUT2D eigenvalue weighted by Gasteiger charge is -2.33. The van der Waals surface area contributed by atoms with Crippen molar-refractivity contribution in [2.75, 3.05) is 19.6 Å². The molecule has 1 aliphatic carbocycles. The number of likely N-dealkylation sites (tertiary alicyclic amines) is 1. The van der Waals surface area contributed by atoms with Gasteiger partial charge in [0.25, 0.3) is 0 Å². The molecule has 0 radical (unpaired) electrons. The van der Waals surface area contributed by atoms with E-state index in [-0.39, 0.29) is 0 Å². The summed E-state index contributed by atoms with van der Waals surface area (Å²) in [5, 5.41) is 10.5. The number of aromatic amines is 1. The molecule has 150 valence electrons. The lowest BCUT2D eigenvalue weighted by atomic mass is 9.96. The van der Waals surface area contributed by atoms with Crippen molar-refractivity contribution in [3.05, 3.63) is 42.0 Å². The molecule has 2 fully saturated rings. The number of guanidine groups is 1. The van der Waals surface area contributed by atoms with Crippen molar-refractivity contribution in [2.45, 2.75) is 57.6 Å². The number of para-hydroxylation sites is 1. The van der Waals surface area contributed by atoms with Crippen LogP contribution in [-0.2, 0) is 6.54 Å². The molecule has 4 rings (SSSR count). The van der Waals surface area contributed by atoms with Crippen molar-refractivity contribution in [3.8, 4) is 5.75 Å². The molecule has 2 heterocycles. The lowest BCUT2D eigenvalue weighted by molar-refractivity contribution is 0.119. The fraction of sp³-hybridized carbons (Fsp3) is 0.571. The van der Waals surface area contributed by atoms with Crippen LogP contribution in [0.15, 0.2) is 35.6 Å². The zero-order valence-electron chi connectivity index (χ0n) is 16.6. The minimum Gasteiger partial charge on any atom is -0.490 e. The van der Waals surface area contributed by atoms with Crippen LogP contribution in [0, 0.1) is 0 Å². The van der Waals surface area contributed by atoms with Crippen molar-refractivity contribution in [1.82, 2.24) is 25.4 Å². The zero-order chi connectivity index (χ0) is 19.2. The van der Waals surface area contributed by atoms with Gasteiger partial charge in [-0.1, -0.05) is 18.2 Å². The van der Waals surface area contributed by atoms with Gasteiger partial charge < -0.3 is 15.0 Å². The number of ether oxygens (including phenoxy) is 1. The highest BCUT2D eigenvalue weighted by atomic mass is 16.5. The second-order valence-corrected chi connectivity index (χ2v) is 7.58. The van der Waals surface area contributed by atoms with E-state index in [2.05, 4.69) is 50.5 Å². The van der Waals surface area contributed by atoms with E-state index in [1.807, 2.05) is 6.07 Å². The molecule has 1 aliphatic heterocycles. The third kappa shape index (κ3) is 4.46. The number of hydrogen-bond donors (Lipinski definition) is 2. The summed E-state index contributed by atoms with van der Waals surface area (Å²) in [7, 11) is 0. The quantitative estimate of drug-likeness (QED) is 0.593. The van der Waals surface area contributed by atoms with E-state index in [1.54, 1.807) is 6.33 Å². The van der Waals surface area contributed by atoms with Gasteiger partial charge in [0.2, 0.25) is 0 Å². The summed E-state index contributed by atoms with van der Waals surface area (Å²) in [5.41, 5.74) is 1.15. The maximum Gasteiger partial charge on any atom is 0.194 e. The van der Waals surface area contributed by atoms with Gasteiger partial charge in [0.1, 0.15) is 17.9 Å². The first-order valence-corrected chi connectivity index (χ1v) is 10.5. The summed E-state index contributed by atoms with van der Waals surface area (Å²) in [6, 6.07) is 8.30. The summed E-state index contributed by atoms with van der Waals surface area (Å²) < 4.78 is 6.15. The van der Waals surface area contributed by atoms with Crippen LogP contribution in [0.1, 0.15) is 56.3 Å². The van der Waals surface area contributed by atoms with E-state index in [0.29, 0.717) is 18.6 Å². The predicted molar refractivity (Wildman–Crippen MR) is 109 cm³/mol. The van der Waals surface area contributed by atoms with Crippen LogP contribution in [0.3, 0.4) is 0 Å². The molecule has 28 heavy (non-hydrogen) atoms. The number of aromatic nitrogens is 3. The van der Waals surface area contributed by atoms with Gasteiger partial charge in [-0.3, -0.25) is 5.10 Å². The van der Waals surface area contributed by atoms with Gasteiger partial charge in [-0.2, -0.15) is 5.10 Å². The topological polar surface area (TPSA) is 78.4 Å². The monoisotopic (exact) mass is 382 g/mol. The molecular formula is C21H30N6O. The molecule has 1 aromatic carbocycles. The summed E-state index contributed by atoms with van der Waals surface area (Å²) in [6.45, 7) is 5.55. The van der Waals surface area contributed by atoms with Gasteiger partial charge in [0, 0.05) is 31.1 Å². The lowest BCUT2D eigenvalue weighted by Crippen LogP contribution is -2.45. The number of nitrogens with one attached hydrogen (secondary N) is 2. The summed E-state index contributed by atoms with van der Waals surface area (Å²) in [5.74, 6) is 3.43. The smallest absolute Gasteiger partial charge is 0.194 e. The van der Waals surface area contributed by atoms with Crippen LogP contribution in [0.2, 0.25) is 0 Å². The highest BCUT2D eigenvalue weighted by Crippen LogP contribution is 2.28. The molecule has 2 aromatic rings.